The van der Waals surface area contributed by atoms with Crippen molar-refractivity contribution in [2.24, 2.45) is 0 Å². The Morgan fingerprint density at radius 3 is 2.59 bits per heavy atom. The molecule has 0 N–H and O–H groups in total. The number of halogens is 1. The SMILES string of the molecule is CCC(Oc1cccc(C)c1)c1nc2ccccc2n1CCCOc1ccc(Cl)c(C)c1. The van der Waals surface area contributed by atoms with E-state index in [-0.39, 0.29) is 6.10 Å². The van der Waals surface area contributed by atoms with Crippen LogP contribution in [0, 0.1) is 13.8 Å². The van der Waals surface area contributed by atoms with Crippen LogP contribution in [0.5, 0.6) is 11.5 Å². The minimum absolute atomic E-state index is 0.121. The summed E-state index contributed by atoms with van der Waals surface area (Å²) in [5, 5.41) is 0.756. The second kappa shape index (κ2) is 10.1. The Bertz CT molecular complexity index is 1200. The number of rotatable bonds is 9. The maximum atomic E-state index is 6.37. The number of fused-ring (bicyclic) bond motifs is 1. The monoisotopic (exact) mass is 448 g/mol. The molecule has 4 rings (SSSR count). The number of ether oxygens (including phenoxy) is 2. The van der Waals surface area contributed by atoms with Crippen LogP contribution in [0.1, 0.15) is 42.8 Å². The molecule has 32 heavy (non-hydrogen) atoms. The highest BCUT2D eigenvalue weighted by Crippen LogP contribution is 2.28. The minimum atomic E-state index is -0.121. The smallest absolute Gasteiger partial charge is 0.156 e. The summed E-state index contributed by atoms with van der Waals surface area (Å²) in [5.74, 6) is 2.67. The van der Waals surface area contributed by atoms with Gasteiger partial charge in [-0.3, -0.25) is 0 Å². The molecule has 4 nitrogen and oxygen atoms in total. The summed E-state index contributed by atoms with van der Waals surface area (Å²) in [6, 6.07) is 22.2. The molecule has 0 saturated carbocycles. The number of nitrogens with zero attached hydrogens (tertiary/aromatic N) is 2. The molecule has 0 radical (unpaired) electrons. The van der Waals surface area contributed by atoms with E-state index in [1.54, 1.807) is 0 Å². The van der Waals surface area contributed by atoms with Crippen LogP contribution in [-0.4, -0.2) is 16.2 Å². The Kier molecular flexibility index (Phi) is 7.01. The van der Waals surface area contributed by atoms with Crippen molar-refractivity contribution in [2.45, 2.75) is 46.3 Å². The van der Waals surface area contributed by atoms with Crippen molar-refractivity contribution in [2.75, 3.05) is 6.61 Å². The fourth-order valence-electron chi connectivity index (χ4n) is 3.87. The highest BCUT2D eigenvalue weighted by atomic mass is 35.5. The third-order valence-corrected chi connectivity index (χ3v) is 5.96. The van der Waals surface area contributed by atoms with Gasteiger partial charge in [-0.25, -0.2) is 4.98 Å². The molecular weight excluding hydrogens is 420 g/mol. The molecule has 4 aromatic rings. The maximum Gasteiger partial charge on any atom is 0.156 e. The van der Waals surface area contributed by atoms with Crippen LogP contribution >= 0.6 is 11.6 Å². The molecule has 1 atom stereocenters. The second-order valence-electron chi connectivity index (χ2n) is 8.05. The van der Waals surface area contributed by atoms with Gasteiger partial charge >= 0.3 is 0 Å². The van der Waals surface area contributed by atoms with Crippen molar-refractivity contribution in [3.63, 3.8) is 0 Å². The topological polar surface area (TPSA) is 36.3 Å². The zero-order chi connectivity index (χ0) is 22.5. The molecular formula is C27H29ClN2O2. The lowest BCUT2D eigenvalue weighted by Crippen LogP contribution is -2.15. The van der Waals surface area contributed by atoms with Gasteiger partial charge in [-0.1, -0.05) is 42.8 Å². The Morgan fingerprint density at radius 1 is 0.969 bits per heavy atom. The number of aryl methyl sites for hydroxylation is 3. The van der Waals surface area contributed by atoms with Gasteiger partial charge in [0.1, 0.15) is 11.5 Å². The summed E-state index contributed by atoms with van der Waals surface area (Å²) in [7, 11) is 0. The van der Waals surface area contributed by atoms with E-state index in [2.05, 4.69) is 48.7 Å². The molecule has 0 aliphatic carbocycles. The molecule has 0 aliphatic heterocycles. The number of hydrogen-bond acceptors (Lipinski definition) is 3. The average Bonchev–Trinajstić information content (AvgIpc) is 3.16. The molecule has 1 aromatic heterocycles. The van der Waals surface area contributed by atoms with Gasteiger partial charge in [0.15, 0.2) is 11.9 Å². The van der Waals surface area contributed by atoms with E-state index in [1.807, 2.05) is 43.3 Å². The molecule has 166 valence electrons. The fourth-order valence-corrected chi connectivity index (χ4v) is 3.98. The largest absolute Gasteiger partial charge is 0.494 e. The van der Waals surface area contributed by atoms with Crippen molar-refractivity contribution in [3.05, 3.63) is 88.7 Å². The van der Waals surface area contributed by atoms with Gasteiger partial charge in [0.05, 0.1) is 17.6 Å². The lowest BCUT2D eigenvalue weighted by Gasteiger charge is -2.19. The molecule has 0 spiro atoms. The van der Waals surface area contributed by atoms with E-state index >= 15 is 0 Å². The molecule has 3 aromatic carbocycles. The third kappa shape index (κ3) is 5.08. The molecule has 1 heterocycles. The molecule has 1 unspecified atom stereocenters. The van der Waals surface area contributed by atoms with Crippen LogP contribution in [0.3, 0.4) is 0 Å². The Hall–Kier alpha value is -2.98. The van der Waals surface area contributed by atoms with Crippen LogP contribution in [0.15, 0.2) is 66.7 Å². The lowest BCUT2D eigenvalue weighted by molar-refractivity contribution is 0.185. The summed E-state index contributed by atoms with van der Waals surface area (Å²) >= 11 is 6.11. The molecule has 0 bridgehead atoms. The van der Waals surface area contributed by atoms with Crippen LogP contribution in [0.25, 0.3) is 11.0 Å². The Balaban J connectivity index is 1.52. The first-order valence-corrected chi connectivity index (χ1v) is 11.5. The van der Waals surface area contributed by atoms with Crippen molar-refractivity contribution in [3.8, 4) is 11.5 Å². The van der Waals surface area contributed by atoms with Crippen molar-refractivity contribution < 1.29 is 9.47 Å². The van der Waals surface area contributed by atoms with Crippen LogP contribution in [-0.2, 0) is 6.54 Å². The molecule has 0 fully saturated rings. The van der Waals surface area contributed by atoms with E-state index < -0.39 is 0 Å². The normalized spacial score (nSPS) is 12.1. The fraction of sp³-hybridized carbons (Fsp3) is 0.296. The lowest BCUT2D eigenvalue weighted by atomic mass is 10.2. The summed E-state index contributed by atoms with van der Waals surface area (Å²) in [6.45, 7) is 7.61. The zero-order valence-corrected chi connectivity index (χ0v) is 19.6. The highest BCUT2D eigenvalue weighted by molar-refractivity contribution is 6.31. The molecule has 0 saturated heterocycles. The number of aromatic nitrogens is 2. The van der Waals surface area contributed by atoms with Crippen LogP contribution < -0.4 is 9.47 Å². The van der Waals surface area contributed by atoms with E-state index in [4.69, 9.17) is 26.1 Å². The predicted molar refractivity (Wildman–Crippen MR) is 131 cm³/mol. The summed E-state index contributed by atoms with van der Waals surface area (Å²) < 4.78 is 14.6. The van der Waals surface area contributed by atoms with E-state index in [0.717, 1.165) is 58.3 Å². The highest BCUT2D eigenvalue weighted by Gasteiger charge is 2.20. The average molecular weight is 449 g/mol. The molecule has 0 amide bonds. The van der Waals surface area contributed by atoms with Crippen molar-refractivity contribution in [1.29, 1.82) is 0 Å². The van der Waals surface area contributed by atoms with Gasteiger partial charge in [0.25, 0.3) is 0 Å². The number of para-hydroxylation sites is 2. The molecule has 0 aliphatic rings. The number of benzene rings is 3. The van der Waals surface area contributed by atoms with E-state index in [0.29, 0.717) is 6.61 Å². The van der Waals surface area contributed by atoms with Crippen molar-refractivity contribution in [1.82, 2.24) is 9.55 Å². The number of imidazole rings is 1. The Morgan fingerprint density at radius 2 is 1.81 bits per heavy atom. The molecule has 5 heteroatoms. The quantitative estimate of drug-likeness (QED) is 0.252. The van der Waals surface area contributed by atoms with Crippen LogP contribution in [0.2, 0.25) is 5.02 Å². The number of hydrogen-bond donors (Lipinski definition) is 0. The first-order valence-electron chi connectivity index (χ1n) is 11.1. The van der Waals surface area contributed by atoms with Crippen molar-refractivity contribution >= 4 is 22.6 Å². The Labute approximate surface area is 194 Å². The predicted octanol–water partition coefficient (Wildman–Crippen LogP) is 7.31. The van der Waals surface area contributed by atoms with Gasteiger partial charge in [0, 0.05) is 11.6 Å². The van der Waals surface area contributed by atoms with Gasteiger partial charge < -0.3 is 14.0 Å². The van der Waals surface area contributed by atoms with Crippen LogP contribution in [0.4, 0.5) is 0 Å². The second-order valence-corrected chi connectivity index (χ2v) is 8.46. The minimum Gasteiger partial charge on any atom is -0.494 e. The van der Waals surface area contributed by atoms with Gasteiger partial charge in [-0.15, -0.1) is 0 Å². The van der Waals surface area contributed by atoms with Gasteiger partial charge in [0.2, 0.25) is 0 Å². The van der Waals surface area contributed by atoms with E-state index in [9.17, 15) is 0 Å². The first-order chi connectivity index (χ1) is 15.5. The maximum absolute atomic E-state index is 6.37. The summed E-state index contributed by atoms with van der Waals surface area (Å²) in [4.78, 5) is 4.94. The zero-order valence-electron chi connectivity index (χ0n) is 18.8. The first kappa shape index (κ1) is 22.2. The van der Waals surface area contributed by atoms with E-state index in [1.165, 1.54) is 5.56 Å². The third-order valence-electron chi connectivity index (χ3n) is 5.53. The summed E-state index contributed by atoms with van der Waals surface area (Å²) in [5.41, 5.74) is 4.31. The van der Waals surface area contributed by atoms with Gasteiger partial charge in [-0.05, 0) is 80.3 Å². The summed E-state index contributed by atoms with van der Waals surface area (Å²) in [6.07, 6.45) is 1.57. The van der Waals surface area contributed by atoms with Gasteiger partial charge in [-0.2, -0.15) is 0 Å². The standard InChI is InChI=1S/C27H29ClN2O2/c1-4-26(32-22-10-7-9-19(2)17-22)27-29-24-11-5-6-12-25(24)30(27)15-8-16-31-21-13-14-23(28)20(3)18-21/h5-7,9-14,17-18,26H,4,8,15-16H2,1-3H3.